The van der Waals surface area contributed by atoms with Crippen molar-refractivity contribution >= 4 is 21.4 Å². The third-order valence-electron chi connectivity index (χ3n) is 5.74. The quantitative estimate of drug-likeness (QED) is 0.580. The lowest BCUT2D eigenvalue weighted by Gasteiger charge is -2.31. The molecule has 0 fully saturated rings. The van der Waals surface area contributed by atoms with E-state index in [0.717, 1.165) is 42.0 Å². The van der Waals surface area contributed by atoms with Gasteiger partial charge in [-0.3, -0.25) is 0 Å². The SMILES string of the molecule is CN(C)c1ccc([C@@H](CNS(=O)(=O)c2ccc(F)cc2F)N2CCc3ccccc32)cc1. The molecule has 0 saturated heterocycles. The van der Waals surface area contributed by atoms with Crippen LogP contribution in [0.3, 0.4) is 0 Å². The molecule has 0 unspecified atom stereocenters. The van der Waals surface area contributed by atoms with Crippen molar-refractivity contribution in [2.75, 3.05) is 37.0 Å². The fraction of sp³-hybridized carbons (Fsp3) is 0.250. The van der Waals surface area contributed by atoms with E-state index in [1.54, 1.807) is 0 Å². The molecule has 3 aromatic rings. The minimum absolute atomic E-state index is 0.0365. The van der Waals surface area contributed by atoms with Crippen molar-refractivity contribution in [2.45, 2.75) is 17.4 Å². The molecule has 4 rings (SSSR count). The number of fused-ring (bicyclic) bond motifs is 1. The van der Waals surface area contributed by atoms with Gasteiger partial charge in [0.1, 0.15) is 16.5 Å². The van der Waals surface area contributed by atoms with E-state index in [0.29, 0.717) is 6.07 Å². The Morgan fingerprint density at radius 2 is 1.75 bits per heavy atom. The van der Waals surface area contributed by atoms with Gasteiger partial charge in [-0.15, -0.1) is 0 Å². The van der Waals surface area contributed by atoms with Crippen molar-refractivity contribution in [3.8, 4) is 0 Å². The molecular weight excluding hydrogens is 432 g/mol. The average molecular weight is 458 g/mol. The van der Waals surface area contributed by atoms with Gasteiger partial charge in [-0.25, -0.2) is 21.9 Å². The van der Waals surface area contributed by atoms with Crippen LogP contribution in [0.5, 0.6) is 0 Å². The number of hydrogen-bond acceptors (Lipinski definition) is 4. The minimum atomic E-state index is -4.17. The van der Waals surface area contributed by atoms with E-state index >= 15 is 0 Å². The molecule has 0 bridgehead atoms. The van der Waals surface area contributed by atoms with Crippen LogP contribution in [0, 0.1) is 11.6 Å². The molecule has 3 aromatic carbocycles. The molecule has 1 N–H and O–H groups in total. The highest BCUT2D eigenvalue weighted by Gasteiger charge is 2.29. The average Bonchev–Trinajstić information content (AvgIpc) is 3.18. The van der Waals surface area contributed by atoms with Crippen LogP contribution in [0.15, 0.2) is 71.6 Å². The first kappa shape index (κ1) is 22.2. The van der Waals surface area contributed by atoms with E-state index in [1.807, 2.05) is 61.5 Å². The van der Waals surface area contributed by atoms with E-state index in [2.05, 4.69) is 15.7 Å². The van der Waals surface area contributed by atoms with E-state index in [9.17, 15) is 17.2 Å². The van der Waals surface area contributed by atoms with Gasteiger partial charge in [0.2, 0.25) is 10.0 Å². The molecule has 0 amide bonds. The number of para-hydroxylation sites is 1. The van der Waals surface area contributed by atoms with E-state index in [-0.39, 0.29) is 12.6 Å². The highest BCUT2D eigenvalue weighted by Crippen LogP contribution is 2.35. The second kappa shape index (κ2) is 8.88. The van der Waals surface area contributed by atoms with Gasteiger partial charge in [-0.05, 0) is 47.9 Å². The Morgan fingerprint density at radius 1 is 1.03 bits per heavy atom. The Morgan fingerprint density at radius 3 is 2.44 bits per heavy atom. The number of hydrogen-bond donors (Lipinski definition) is 1. The molecule has 1 aliphatic rings. The van der Waals surface area contributed by atoms with Crippen molar-refractivity contribution < 1.29 is 17.2 Å². The number of nitrogens with zero attached hydrogens (tertiary/aromatic N) is 2. The second-order valence-electron chi connectivity index (χ2n) is 8.00. The molecule has 0 saturated carbocycles. The fourth-order valence-corrected chi connectivity index (χ4v) is 5.15. The first-order valence-corrected chi connectivity index (χ1v) is 11.8. The zero-order valence-electron chi connectivity index (χ0n) is 17.9. The van der Waals surface area contributed by atoms with Crippen LogP contribution in [0.4, 0.5) is 20.2 Å². The van der Waals surface area contributed by atoms with Gasteiger partial charge in [0.05, 0.1) is 6.04 Å². The van der Waals surface area contributed by atoms with Crippen molar-refractivity contribution in [1.82, 2.24) is 4.72 Å². The number of benzene rings is 3. The number of nitrogens with one attached hydrogen (secondary N) is 1. The molecule has 0 aromatic heterocycles. The molecule has 0 radical (unpaired) electrons. The van der Waals surface area contributed by atoms with Crippen LogP contribution in [0.2, 0.25) is 0 Å². The molecular formula is C24H25F2N3O2S. The summed E-state index contributed by atoms with van der Waals surface area (Å²) in [6.07, 6.45) is 0.863. The van der Waals surface area contributed by atoms with Crippen molar-refractivity contribution in [2.24, 2.45) is 0 Å². The zero-order chi connectivity index (χ0) is 22.9. The summed E-state index contributed by atoms with van der Waals surface area (Å²) in [5.74, 6) is -1.94. The normalized spacial score (nSPS) is 14.3. The smallest absolute Gasteiger partial charge is 0.243 e. The summed E-state index contributed by atoms with van der Waals surface area (Å²) in [4.78, 5) is 3.59. The number of sulfonamides is 1. The molecule has 8 heteroatoms. The van der Waals surface area contributed by atoms with Gasteiger partial charge < -0.3 is 9.80 Å². The molecule has 168 valence electrons. The maximum Gasteiger partial charge on any atom is 0.243 e. The van der Waals surface area contributed by atoms with Gasteiger partial charge >= 0.3 is 0 Å². The zero-order valence-corrected chi connectivity index (χ0v) is 18.7. The van der Waals surface area contributed by atoms with Crippen LogP contribution >= 0.6 is 0 Å². The highest BCUT2D eigenvalue weighted by molar-refractivity contribution is 7.89. The van der Waals surface area contributed by atoms with Crippen LogP contribution in [-0.2, 0) is 16.4 Å². The predicted octanol–water partition coefficient (Wildman–Crippen LogP) is 4.11. The summed E-state index contributed by atoms with van der Waals surface area (Å²) in [6.45, 7) is 0.779. The highest BCUT2D eigenvalue weighted by atomic mass is 32.2. The number of rotatable bonds is 7. The summed E-state index contributed by atoms with van der Waals surface area (Å²) < 4.78 is 55.5. The first-order chi connectivity index (χ1) is 15.3. The van der Waals surface area contributed by atoms with Gasteiger partial charge in [0.25, 0.3) is 0 Å². The van der Waals surface area contributed by atoms with Gasteiger partial charge in [-0.2, -0.15) is 0 Å². The third-order valence-corrected chi connectivity index (χ3v) is 7.20. The topological polar surface area (TPSA) is 52.7 Å². The lowest BCUT2D eigenvalue weighted by molar-refractivity contribution is 0.536. The summed E-state index contributed by atoms with van der Waals surface area (Å²) in [6, 6.07) is 18.1. The minimum Gasteiger partial charge on any atom is -0.378 e. The number of anilines is 2. The van der Waals surface area contributed by atoms with Crippen molar-refractivity contribution in [3.05, 3.63) is 89.5 Å². The maximum absolute atomic E-state index is 14.1. The lowest BCUT2D eigenvalue weighted by atomic mass is 10.0. The fourth-order valence-electron chi connectivity index (χ4n) is 4.05. The summed E-state index contributed by atoms with van der Waals surface area (Å²) in [5, 5.41) is 0. The van der Waals surface area contributed by atoms with E-state index < -0.39 is 26.6 Å². The van der Waals surface area contributed by atoms with Gasteiger partial charge in [-0.1, -0.05) is 30.3 Å². The Hall–Kier alpha value is -2.97. The van der Waals surface area contributed by atoms with Gasteiger partial charge in [0, 0.05) is 44.6 Å². The first-order valence-electron chi connectivity index (χ1n) is 10.3. The molecule has 0 aliphatic carbocycles. The largest absolute Gasteiger partial charge is 0.378 e. The Labute approximate surface area is 187 Å². The van der Waals surface area contributed by atoms with E-state index in [1.165, 1.54) is 5.56 Å². The standard InChI is InChI=1S/C24H25F2N3O2S/c1-28(2)20-10-7-18(8-11-20)23(29-14-13-17-5-3-4-6-22(17)29)16-27-32(30,31)24-12-9-19(25)15-21(24)26/h3-12,15,23,27H,13-14,16H2,1-2H3/t23-/m1/s1. The Kier molecular flexibility index (Phi) is 6.17. The van der Waals surface area contributed by atoms with Crippen molar-refractivity contribution in [1.29, 1.82) is 0 Å². The predicted molar refractivity (Wildman–Crippen MR) is 123 cm³/mol. The molecule has 32 heavy (non-hydrogen) atoms. The summed E-state index contributed by atoms with van der Waals surface area (Å²) in [7, 11) is -0.260. The molecule has 1 aliphatic heterocycles. The number of halogens is 2. The molecule has 1 heterocycles. The van der Waals surface area contributed by atoms with Crippen LogP contribution in [0.1, 0.15) is 17.2 Å². The lowest BCUT2D eigenvalue weighted by Crippen LogP contribution is -2.37. The van der Waals surface area contributed by atoms with Crippen molar-refractivity contribution in [3.63, 3.8) is 0 Å². The third kappa shape index (κ3) is 4.47. The second-order valence-corrected chi connectivity index (χ2v) is 9.74. The van der Waals surface area contributed by atoms with Crippen LogP contribution in [-0.4, -0.2) is 35.6 Å². The Bertz CT molecular complexity index is 1210. The monoisotopic (exact) mass is 457 g/mol. The van der Waals surface area contributed by atoms with Crippen LogP contribution < -0.4 is 14.5 Å². The Balaban J connectivity index is 1.65. The molecule has 0 spiro atoms. The maximum atomic E-state index is 14.1. The van der Waals surface area contributed by atoms with E-state index in [4.69, 9.17) is 0 Å². The summed E-state index contributed by atoms with van der Waals surface area (Å²) >= 11 is 0. The molecule has 1 atom stereocenters. The summed E-state index contributed by atoms with van der Waals surface area (Å²) in [5.41, 5.74) is 4.23. The molecule has 5 nitrogen and oxygen atoms in total. The van der Waals surface area contributed by atoms with Crippen LogP contribution in [0.25, 0.3) is 0 Å². The van der Waals surface area contributed by atoms with Gasteiger partial charge in [0.15, 0.2) is 0 Å².